The molecule has 0 aliphatic heterocycles. The Kier molecular flexibility index (Phi) is 3.17. The van der Waals surface area contributed by atoms with Gasteiger partial charge in [-0.05, 0) is 40.0 Å². The van der Waals surface area contributed by atoms with E-state index in [4.69, 9.17) is 5.10 Å². The predicted molar refractivity (Wildman–Crippen MR) is 69.4 cm³/mol. The van der Waals surface area contributed by atoms with Crippen LogP contribution in [0.15, 0.2) is 6.07 Å². The van der Waals surface area contributed by atoms with Crippen LogP contribution in [0, 0.1) is 0 Å². The third kappa shape index (κ3) is 2.46. The van der Waals surface area contributed by atoms with E-state index in [1.807, 2.05) is 11.7 Å². The fraction of sp³-hybridized carbons (Fsp3) is 0.769. The summed E-state index contributed by atoms with van der Waals surface area (Å²) < 4.78 is 2.03. The summed E-state index contributed by atoms with van der Waals surface area (Å²) in [4.78, 5) is 0. The molecule has 1 fully saturated rings. The van der Waals surface area contributed by atoms with Crippen molar-refractivity contribution in [2.24, 2.45) is 0 Å². The molecule has 0 aromatic carbocycles. The van der Waals surface area contributed by atoms with Gasteiger partial charge in [-0.2, -0.15) is 5.10 Å². The van der Waals surface area contributed by atoms with Crippen molar-refractivity contribution < 1.29 is 5.11 Å². The molecule has 1 aliphatic rings. The lowest BCUT2D eigenvalue weighted by molar-refractivity contribution is 0.181. The van der Waals surface area contributed by atoms with Crippen LogP contribution in [0.4, 0.5) is 5.82 Å². The molecule has 96 valence electrons. The molecule has 1 saturated carbocycles. The Labute approximate surface area is 103 Å². The van der Waals surface area contributed by atoms with Crippen LogP contribution in [0.2, 0.25) is 0 Å². The summed E-state index contributed by atoms with van der Waals surface area (Å²) >= 11 is 0. The number of nitrogens with one attached hydrogen (secondary N) is 1. The topological polar surface area (TPSA) is 50.1 Å². The number of hydrogen-bond acceptors (Lipinski definition) is 3. The lowest BCUT2D eigenvalue weighted by atomic mass is 10.0. The van der Waals surface area contributed by atoms with Gasteiger partial charge in [-0.15, -0.1) is 0 Å². The van der Waals surface area contributed by atoms with Crippen molar-refractivity contribution in [3.63, 3.8) is 0 Å². The maximum Gasteiger partial charge on any atom is 0.124 e. The monoisotopic (exact) mass is 237 g/mol. The predicted octanol–water partition coefficient (Wildman–Crippen LogP) is 2.31. The third-order valence-electron chi connectivity index (χ3n) is 3.44. The third-order valence-corrected chi connectivity index (χ3v) is 3.44. The molecule has 2 N–H and O–H groups in total. The van der Waals surface area contributed by atoms with Gasteiger partial charge in [0.25, 0.3) is 0 Å². The Balaban J connectivity index is 2.28. The molecule has 0 saturated heterocycles. The van der Waals surface area contributed by atoms with Crippen LogP contribution >= 0.6 is 0 Å². The molecule has 2 atom stereocenters. The first-order valence-corrected chi connectivity index (χ1v) is 6.38. The molecule has 0 radical (unpaired) electrons. The van der Waals surface area contributed by atoms with E-state index in [9.17, 15) is 5.11 Å². The molecule has 17 heavy (non-hydrogen) atoms. The quantitative estimate of drug-likeness (QED) is 0.830. The van der Waals surface area contributed by atoms with Gasteiger partial charge in [0.2, 0.25) is 0 Å². The van der Waals surface area contributed by atoms with Crippen molar-refractivity contribution in [3.05, 3.63) is 11.8 Å². The van der Waals surface area contributed by atoms with Gasteiger partial charge < -0.3 is 10.4 Å². The zero-order valence-electron chi connectivity index (χ0n) is 11.2. The largest absolute Gasteiger partial charge is 0.393 e. The SMILES string of the molecule is CNc1cc([C@H]2CC[C@@H](O)C2)nn1C(C)(C)C. The van der Waals surface area contributed by atoms with Gasteiger partial charge in [0.1, 0.15) is 5.82 Å². The van der Waals surface area contributed by atoms with Crippen LogP contribution < -0.4 is 5.32 Å². The summed E-state index contributed by atoms with van der Waals surface area (Å²) in [5.41, 5.74) is 1.09. The minimum atomic E-state index is -0.141. The molecule has 4 heteroatoms. The van der Waals surface area contributed by atoms with Crippen molar-refractivity contribution in [3.8, 4) is 0 Å². The Morgan fingerprint density at radius 1 is 1.41 bits per heavy atom. The molecular weight excluding hydrogens is 214 g/mol. The maximum absolute atomic E-state index is 9.60. The maximum atomic E-state index is 9.60. The second kappa shape index (κ2) is 4.33. The first-order valence-electron chi connectivity index (χ1n) is 6.38. The average molecular weight is 237 g/mol. The smallest absolute Gasteiger partial charge is 0.124 e. The molecular formula is C13H23N3O. The Bertz CT molecular complexity index is 392. The van der Waals surface area contributed by atoms with E-state index in [2.05, 4.69) is 32.2 Å². The minimum Gasteiger partial charge on any atom is -0.393 e. The lowest BCUT2D eigenvalue weighted by Crippen LogP contribution is -2.24. The van der Waals surface area contributed by atoms with E-state index in [0.29, 0.717) is 5.92 Å². The fourth-order valence-corrected chi connectivity index (χ4v) is 2.51. The molecule has 4 nitrogen and oxygen atoms in total. The second-order valence-corrected chi connectivity index (χ2v) is 5.95. The van der Waals surface area contributed by atoms with E-state index >= 15 is 0 Å². The number of aliphatic hydroxyl groups excluding tert-OH is 1. The molecule has 2 rings (SSSR count). The number of rotatable bonds is 2. The zero-order chi connectivity index (χ0) is 12.6. The number of aliphatic hydroxyl groups is 1. The summed E-state index contributed by atoms with van der Waals surface area (Å²) in [5.74, 6) is 1.47. The van der Waals surface area contributed by atoms with Crippen LogP contribution in [0.25, 0.3) is 0 Å². The van der Waals surface area contributed by atoms with Gasteiger partial charge in [0.15, 0.2) is 0 Å². The summed E-state index contributed by atoms with van der Waals surface area (Å²) in [6.45, 7) is 6.44. The summed E-state index contributed by atoms with van der Waals surface area (Å²) in [6, 6.07) is 2.12. The van der Waals surface area contributed by atoms with Gasteiger partial charge in [0.05, 0.1) is 17.3 Å². The molecule has 1 aromatic rings. The van der Waals surface area contributed by atoms with Crippen molar-refractivity contribution in [1.29, 1.82) is 0 Å². The Hall–Kier alpha value is -1.03. The number of nitrogens with zero attached hydrogens (tertiary/aromatic N) is 2. The summed E-state index contributed by atoms with van der Waals surface area (Å²) in [6.07, 6.45) is 2.66. The summed E-state index contributed by atoms with van der Waals surface area (Å²) in [7, 11) is 1.92. The highest BCUT2D eigenvalue weighted by Gasteiger charge is 2.28. The van der Waals surface area contributed by atoms with Crippen molar-refractivity contribution in [2.75, 3.05) is 12.4 Å². The van der Waals surface area contributed by atoms with E-state index in [1.54, 1.807) is 0 Å². The standard InChI is InChI=1S/C13H23N3O/c1-13(2,3)16-12(14-4)8-11(15-16)9-5-6-10(17)7-9/h8-10,14,17H,5-7H2,1-4H3/t9-,10+/m0/s1. The van der Waals surface area contributed by atoms with Gasteiger partial charge in [-0.1, -0.05) is 0 Å². The van der Waals surface area contributed by atoms with Crippen LogP contribution in [-0.4, -0.2) is 28.0 Å². The highest BCUT2D eigenvalue weighted by atomic mass is 16.3. The first kappa shape index (κ1) is 12.4. The van der Waals surface area contributed by atoms with Crippen LogP contribution in [0.5, 0.6) is 0 Å². The van der Waals surface area contributed by atoms with E-state index in [1.165, 1.54) is 0 Å². The molecule has 1 aliphatic carbocycles. The lowest BCUT2D eigenvalue weighted by Gasteiger charge is -2.22. The first-order chi connectivity index (χ1) is 7.91. The normalized spacial score (nSPS) is 25.2. The van der Waals surface area contributed by atoms with Crippen LogP contribution in [-0.2, 0) is 5.54 Å². The average Bonchev–Trinajstić information content (AvgIpc) is 2.81. The van der Waals surface area contributed by atoms with Crippen LogP contribution in [0.1, 0.15) is 51.6 Å². The Morgan fingerprint density at radius 3 is 2.53 bits per heavy atom. The van der Waals surface area contributed by atoms with Crippen molar-refractivity contribution >= 4 is 5.82 Å². The molecule has 1 aromatic heterocycles. The Morgan fingerprint density at radius 2 is 2.12 bits per heavy atom. The number of hydrogen-bond donors (Lipinski definition) is 2. The fourth-order valence-electron chi connectivity index (χ4n) is 2.51. The number of aromatic nitrogens is 2. The molecule has 0 unspecified atom stereocenters. The molecule has 0 bridgehead atoms. The van der Waals surface area contributed by atoms with Gasteiger partial charge in [-0.25, -0.2) is 4.68 Å². The van der Waals surface area contributed by atoms with E-state index in [-0.39, 0.29) is 11.6 Å². The highest BCUT2D eigenvalue weighted by Crippen LogP contribution is 2.35. The van der Waals surface area contributed by atoms with Gasteiger partial charge >= 0.3 is 0 Å². The number of anilines is 1. The van der Waals surface area contributed by atoms with Gasteiger partial charge in [0, 0.05) is 19.0 Å². The van der Waals surface area contributed by atoms with Crippen LogP contribution in [0.3, 0.4) is 0 Å². The molecule has 1 heterocycles. The van der Waals surface area contributed by atoms with E-state index in [0.717, 1.165) is 30.8 Å². The van der Waals surface area contributed by atoms with Gasteiger partial charge in [-0.3, -0.25) is 0 Å². The van der Waals surface area contributed by atoms with Crippen molar-refractivity contribution in [1.82, 2.24) is 9.78 Å². The second-order valence-electron chi connectivity index (χ2n) is 5.95. The summed E-state index contributed by atoms with van der Waals surface area (Å²) in [5, 5.41) is 17.5. The van der Waals surface area contributed by atoms with Crippen molar-refractivity contribution in [2.45, 2.75) is 57.6 Å². The zero-order valence-corrected chi connectivity index (χ0v) is 11.2. The molecule has 0 spiro atoms. The highest BCUT2D eigenvalue weighted by molar-refractivity contribution is 5.38. The van der Waals surface area contributed by atoms with E-state index < -0.39 is 0 Å². The molecule has 0 amide bonds. The minimum absolute atomic E-state index is 0.0200.